The van der Waals surface area contributed by atoms with Crippen LogP contribution in [0.4, 0.5) is 0 Å². The van der Waals surface area contributed by atoms with Crippen LogP contribution in [-0.2, 0) is 9.47 Å². The van der Waals surface area contributed by atoms with Crippen LogP contribution < -0.4 is 0 Å². The molecule has 0 amide bonds. The summed E-state index contributed by atoms with van der Waals surface area (Å²) in [5, 5.41) is 0. The van der Waals surface area contributed by atoms with Crippen molar-refractivity contribution in [3.05, 3.63) is 47.8 Å². The monoisotopic (exact) mass is 356 g/mol. The molecule has 0 radical (unpaired) electrons. The lowest BCUT2D eigenvalue weighted by atomic mass is 10.1. The van der Waals surface area contributed by atoms with Gasteiger partial charge >= 0.3 is 11.9 Å². The van der Waals surface area contributed by atoms with Crippen LogP contribution in [0.5, 0.6) is 0 Å². The summed E-state index contributed by atoms with van der Waals surface area (Å²) in [4.78, 5) is 33.4. The number of nitrogens with zero attached hydrogens (tertiary/aromatic N) is 2. The summed E-state index contributed by atoms with van der Waals surface area (Å²) in [5.74, 6) is -0.547. The van der Waals surface area contributed by atoms with Crippen molar-refractivity contribution < 1.29 is 19.1 Å². The molecular formula is C20H24N2O4. The molecule has 0 N–H and O–H groups in total. The summed E-state index contributed by atoms with van der Waals surface area (Å²) in [7, 11) is 0. The second kappa shape index (κ2) is 9.08. The number of carbonyl (C=O) groups excluding carboxylic acids is 2. The number of hydrogen-bond acceptors (Lipinski definition) is 6. The number of ether oxygens (including phenoxy) is 2. The van der Waals surface area contributed by atoms with Crippen molar-refractivity contribution in [2.45, 2.75) is 27.7 Å². The molecule has 0 aliphatic heterocycles. The van der Waals surface area contributed by atoms with Gasteiger partial charge < -0.3 is 9.47 Å². The molecule has 0 aliphatic carbocycles. The molecule has 0 saturated carbocycles. The van der Waals surface area contributed by atoms with E-state index in [0.717, 1.165) is 0 Å². The average molecular weight is 356 g/mol. The molecule has 0 spiro atoms. The lowest BCUT2D eigenvalue weighted by molar-refractivity contribution is 0.0448. The Hall–Kier alpha value is -2.76. The third-order valence-corrected chi connectivity index (χ3v) is 3.38. The van der Waals surface area contributed by atoms with Gasteiger partial charge in [0.05, 0.1) is 24.3 Å². The molecule has 26 heavy (non-hydrogen) atoms. The van der Waals surface area contributed by atoms with Crippen LogP contribution in [0.3, 0.4) is 0 Å². The summed E-state index contributed by atoms with van der Waals surface area (Å²) in [6.45, 7) is 8.44. The SMILES string of the molecule is CC(C)COC(=O)c1cccnc1-c1ncccc1C(=O)OCC(C)C. The van der Waals surface area contributed by atoms with Gasteiger partial charge in [0.2, 0.25) is 0 Å². The van der Waals surface area contributed by atoms with E-state index in [4.69, 9.17) is 9.47 Å². The molecule has 6 heteroatoms. The predicted octanol–water partition coefficient (Wildman–Crippen LogP) is 3.77. The third kappa shape index (κ3) is 5.12. The van der Waals surface area contributed by atoms with E-state index < -0.39 is 11.9 Å². The van der Waals surface area contributed by atoms with Crippen molar-refractivity contribution in [2.24, 2.45) is 11.8 Å². The van der Waals surface area contributed by atoms with Crippen LogP contribution in [0.2, 0.25) is 0 Å². The van der Waals surface area contributed by atoms with E-state index in [9.17, 15) is 9.59 Å². The normalized spacial score (nSPS) is 10.8. The van der Waals surface area contributed by atoms with Crippen LogP contribution in [0, 0.1) is 11.8 Å². The highest BCUT2D eigenvalue weighted by atomic mass is 16.5. The van der Waals surface area contributed by atoms with Crippen molar-refractivity contribution in [1.82, 2.24) is 9.97 Å². The van der Waals surface area contributed by atoms with E-state index >= 15 is 0 Å². The number of pyridine rings is 2. The van der Waals surface area contributed by atoms with E-state index in [1.165, 1.54) is 0 Å². The van der Waals surface area contributed by atoms with Gasteiger partial charge in [-0.3, -0.25) is 9.97 Å². The van der Waals surface area contributed by atoms with Gasteiger partial charge in [-0.15, -0.1) is 0 Å². The summed E-state index contributed by atoms with van der Waals surface area (Å²) in [6.07, 6.45) is 3.10. The fraction of sp³-hybridized carbons (Fsp3) is 0.400. The van der Waals surface area contributed by atoms with Crippen LogP contribution >= 0.6 is 0 Å². The largest absolute Gasteiger partial charge is 0.462 e. The molecule has 2 heterocycles. The van der Waals surface area contributed by atoms with Crippen LogP contribution in [0.25, 0.3) is 11.4 Å². The summed E-state index contributed by atoms with van der Waals surface area (Å²) in [5.41, 5.74) is 1.14. The second-order valence-electron chi connectivity index (χ2n) is 6.78. The van der Waals surface area contributed by atoms with E-state index in [1.54, 1.807) is 36.7 Å². The van der Waals surface area contributed by atoms with Gasteiger partial charge in [-0.1, -0.05) is 27.7 Å². The number of rotatable bonds is 7. The number of aromatic nitrogens is 2. The lowest BCUT2D eigenvalue weighted by Crippen LogP contribution is -2.15. The molecule has 138 valence electrons. The zero-order valence-electron chi connectivity index (χ0n) is 15.6. The van der Waals surface area contributed by atoms with Gasteiger partial charge in [0.25, 0.3) is 0 Å². The number of hydrogen-bond donors (Lipinski definition) is 0. The Kier molecular flexibility index (Phi) is 6.83. The van der Waals surface area contributed by atoms with E-state index in [-0.39, 0.29) is 23.0 Å². The maximum atomic E-state index is 12.4. The van der Waals surface area contributed by atoms with Gasteiger partial charge in [-0.05, 0) is 36.1 Å². The van der Waals surface area contributed by atoms with Gasteiger partial charge in [0.1, 0.15) is 11.4 Å². The van der Waals surface area contributed by atoms with Crippen LogP contribution in [0.15, 0.2) is 36.7 Å². The first kappa shape index (κ1) is 19.6. The van der Waals surface area contributed by atoms with Gasteiger partial charge in [0.15, 0.2) is 0 Å². The van der Waals surface area contributed by atoms with Crippen molar-refractivity contribution in [3.63, 3.8) is 0 Å². The molecule has 0 saturated heterocycles. The molecule has 6 nitrogen and oxygen atoms in total. The number of esters is 2. The fourth-order valence-electron chi connectivity index (χ4n) is 2.16. The second-order valence-corrected chi connectivity index (χ2v) is 6.78. The van der Waals surface area contributed by atoms with Crippen molar-refractivity contribution in [3.8, 4) is 11.4 Å². The first-order valence-electron chi connectivity index (χ1n) is 8.64. The molecule has 2 aromatic rings. The van der Waals surface area contributed by atoms with E-state index in [2.05, 4.69) is 9.97 Å². The topological polar surface area (TPSA) is 78.4 Å². The Labute approximate surface area is 153 Å². The smallest absolute Gasteiger partial charge is 0.340 e. The minimum Gasteiger partial charge on any atom is -0.462 e. The lowest BCUT2D eigenvalue weighted by Gasteiger charge is -2.13. The van der Waals surface area contributed by atoms with E-state index in [0.29, 0.717) is 24.6 Å². The minimum absolute atomic E-state index is 0.218. The highest BCUT2D eigenvalue weighted by molar-refractivity contribution is 6.01. The number of carbonyl (C=O) groups is 2. The maximum Gasteiger partial charge on any atom is 0.340 e. The Morgan fingerprint density at radius 3 is 1.54 bits per heavy atom. The molecule has 0 aromatic carbocycles. The summed E-state index contributed by atoms with van der Waals surface area (Å²) in [6, 6.07) is 6.52. The Balaban J connectivity index is 2.37. The van der Waals surface area contributed by atoms with Gasteiger partial charge in [-0.2, -0.15) is 0 Å². The Bertz CT molecular complexity index is 706. The first-order valence-corrected chi connectivity index (χ1v) is 8.64. The van der Waals surface area contributed by atoms with E-state index in [1.807, 2.05) is 27.7 Å². The van der Waals surface area contributed by atoms with Crippen molar-refractivity contribution in [2.75, 3.05) is 13.2 Å². The molecule has 0 fully saturated rings. The quantitative estimate of drug-likeness (QED) is 0.703. The maximum absolute atomic E-state index is 12.4. The molecule has 2 rings (SSSR count). The highest BCUT2D eigenvalue weighted by Crippen LogP contribution is 2.24. The van der Waals surface area contributed by atoms with Crippen LogP contribution in [0.1, 0.15) is 48.4 Å². The van der Waals surface area contributed by atoms with Crippen molar-refractivity contribution in [1.29, 1.82) is 0 Å². The Morgan fingerprint density at radius 1 is 0.808 bits per heavy atom. The molecular weight excluding hydrogens is 332 g/mol. The standard InChI is InChI=1S/C20H24N2O4/c1-13(2)11-25-19(23)15-7-5-9-21-17(15)18-16(8-6-10-22-18)20(24)26-12-14(3)4/h5-10,13-14H,11-12H2,1-4H3. The molecule has 0 atom stereocenters. The fourth-order valence-corrected chi connectivity index (χ4v) is 2.16. The van der Waals surface area contributed by atoms with Crippen LogP contribution in [-0.4, -0.2) is 35.1 Å². The molecule has 0 aliphatic rings. The highest BCUT2D eigenvalue weighted by Gasteiger charge is 2.22. The average Bonchev–Trinajstić information content (AvgIpc) is 2.64. The molecule has 0 unspecified atom stereocenters. The zero-order valence-corrected chi connectivity index (χ0v) is 15.6. The minimum atomic E-state index is -0.492. The summed E-state index contributed by atoms with van der Waals surface area (Å²) >= 11 is 0. The van der Waals surface area contributed by atoms with Crippen molar-refractivity contribution >= 4 is 11.9 Å². The predicted molar refractivity (Wildman–Crippen MR) is 97.7 cm³/mol. The first-order chi connectivity index (χ1) is 12.4. The summed E-state index contributed by atoms with van der Waals surface area (Å²) < 4.78 is 10.6. The van der Waals surface area contributed by atoms with Gasteiger partial charge in [-0.25, -0.2) is 9.59 Å². The third-order valence-electron chi connectivity index (χ3n) is 3.38. The van der Waals surface area contributed by atoms with Gasteiger partial charge in [0, 0.05) is 12.4 Å². The zero-order chi connectivity index (χ0) is 19.1. The Morgan fingerprint density at radius 2 is 1.19 bits per heavy atom. The molecule has 0 bridgehead atoms. The molecule has 2 aromatic heterocycles.